The van der Waals surface area contributed by atoms with Crippen LogP contribution in [0.4, 0.5) is 0 Å². The Morgan fingerprint density at radius 1 is 1.53 bits per heavy atom. The highest BCUT2D eigenvalue weighted by molar-refractivity contribution is 7.98. The van der Waals surface area contributed by atoms with Gasteiger partial charge in [-0.2, -0.15) is 17.0 Å². The first-order valence-electron chi connectivity index (χ1n) is 5.61. The third kappa shape index (κ3) is 5.14. The van der Waals surface area contributed by atoms with Gasteiger partial charge in [0.2, 0.25) is 0 Å². The molecule has 0 heterocycles. The Hall–Kier alpha value is -1.15. The minimum atomic E-state index is -0.730. The quantitative estimate of drug-likeness (QED) is 0.328. The molecule has 0 aliphatic rings. The van der Waals surface area contributed by atoms with Gasteiger partial charge in [0.1, 0.15) is 11.8 Å². The molecule has 17 heavy (non-hydrogen) atoms. The molecule has 0 aromatic carbocycles. The zero-order valence-electron chi connectivity index (χ0n) is 10.5. The van der Waals surface area contributed by atoms with Gasteiger partial charge in [-0.1, -0.05) is 13.8 Å². The number of thioether (sulfide) groups is 1. The van der Waals surface area contributed by atoms with Gasteiger partial charge in [-0.3, -0.25) is 0 Å². The predicted molar refractivity (Wildman–Crippen MR) is 68.7 cm³/mol. The van der Waals surface area contributed by atoms with Crippen LogP contribution in [0, 0.1) is 17.2 Å². The number of rotatable bonds is 7. The molecule has 0 aromatic rings. The second-order valence-corrected chi connectivity index (χ2v) is 4.48. The molecule has 96 valence electrons. The summed E-state index contributed by atoms with van der Waals surface area (Å²) in [5, 5.41) is 18.8. The van der Waals surface area contributed by atoms with E-state index in [0.29, 0.717) is 18.6 Å². The molecule has 0 spiro atoms. The molecular formula is C12H19NO3S. The number of allylic oxidation sites excluding steroid dienone is 1. The summed E-state index contributed by atoms with van der Waals surface area (Å²) in [6.07, 6.45) is 3.28. The van der Waals surface area contributed by atoms with E-state index >= 15 is 0 Å². The fourth-order valence-electron chi connectivity index (χ4n) is 1.27. The zero-order chi connectivity index (χ0) is 13.3. The van der Waals surface area contributed by atoms with Gasteiger partial charge in [0.25, 0.3) is 0 Å². The molecule has 0 saturated heterocycles. The molecule has 4 nitrogen and oxygen atoms in total. The first-order valence-corrected chi connectivity index (χ1v) is 7.00. The molecule has 5 heteroatoms. The van der Waals surface area contributed by atoms with E-state index < -0.39 is 5.97 Å². The van der Waals surface area contributed by atoms with Crippen molar-refractivity contribution in [1.82, 2.24) is 0 Å². The van der Waals surface area contributed by atoms with Crippen LogP contribution in [0.3, 0.4) is 0 Å². The summed E-state index contributed by atoms with van der Waals surface area (Å²) in [6.45, 7) is 4.03. The largest absolute Gasteiger partial charge is 0.510 e. The van der Waals surface area contributed by atoms with E-state index in [0.717, 1.165) is 0 Å². The average molecular weight is 257 g/mol. The van der Waals surface area contributed by atoms with E-state index in [1.807, 2.05) is 20.1 Å². The van der Waals surface area contributed by atoms with Crippen LogP contribution in [0.15, 0.2) is 11.3 Å². The van der Waals surface area contributed by atoms with E-state index in [-0.39, 0.29) is 23.9 Å². The Labute approximate surface area is 107 Å². The number of aliphatic hydroxyl groups excluding tert-OH is 1. The molecule has 1 N–H and O–H groups in total. The fraction of sp³-hybridized carbons (Fsp3) is 0.667. The lowest BCUT2D eigenvalue weighted by Crippen LogP contribution is -2.15. The Balaban J connectivity index is 4.90. The van der Waals surface area contributed by atoms with Crippen LogP contribution in [-0.2, 0) is 9.53 Å². The van der Waals surface area contributed by atoms with Crippen LogP contribution in [0.1, 0.15) is 26.7 Å². The Bertz CT molecular complexity index is 320. The van der Waals surface area contributed by atoms with Crippen molar-refractivity contribution in [3.05, 3.63) is 11.3 Å². The van der Waals surface area contributed by atoms with E-state index in [9.17, 15) is 9.90 Å². The lowest BCUT2D eigenvalue weighted by molar-refractivity contribution is -0.138. The second kappa shape index (κ2) is 8.94. The lowest BCUT2D eigenvalue weighted by atomic mass is 10.0. The standard InChI is InChI=1S/C12H19NO3S/c1-4-6-16-12(15)10(7-13)11(14)9(5-2)8-17-3/h9,14H,4-6,8H2,1-3H3/b11-10-. The van der Waals surface area contributed by atoms with Crippen LogP contribution in [0.25, 0.3) is 0 Å². The van der Waals surface area contributed by atoms with E-state index in [1.165, 1.54) is 0 Å². The SMILES string of the molecule is CCCOC(=O)/C(C#N)=C(\O)C(CC)CSC. The smallest absolute Gasteiger partial charge is 0.352 e. The van der Waals surface area contributed by atoms with Crippen molar-refractivity contribution >= 4 is 17.7 Å². The zero-order valence-corrected chi connectivity index (χ0v) is 11.3. The van der Waals surface area contributed by atoms with Gasteiger partial charge in [0, 0.05) is 11.7 Å². The molecule has 0 fully saturated rings. The molecule has 0 bridgehead atoms. The van der Waals surface area contributed by atoms with Crippen LogP contribution in [-0.4, -0.2) is 29.7 Å². The van der Waals surface area contributed by atoms with Crippen molar-refractivity contribution in [2.45, 2.75) is 26.7 Å². The molecule has 0 aromatic heterocycles. The number of carbonyl (C=O) groups excluding carboxylic acids is 1. The summed E-state index contributed by atoms with van der Waals surface area (Å²) in [6, 6.07) is 1.73. The van der Waals surface area contributed by atoms with Crippen LogP contribution >= 0.6 is 11.8 Å². The molecular weight excluding hydrogens is 238 g/mol. The maximum absolute atomic E-state index is 11.5. The molecule has 0 saturated carbocycles. The first-order chi connectivity index (χ1) is 8.12. The first kappa shape index (κ1) is 15.9. The number of esters is 1. The molecule has 1 atom stereocenters. The summed E-state index contributed by atoms with van der Waals surface area (Å²) >= 11 is 1.56. The van der Waals surface area contributed by atoms with Crippen molar-refractivity contribution in [1.29, 1.82) is 5.26 Å². The molecule has 0 aliphatic carbocycles. The molecule has 0 radical (unpaired) electrons. The summed E-state index contributed by atoms with van der Waals surface area (Å²) in [5.74, 6) is -0.375. The second-order valence-electron chi connectivity index (χ2n) is 3.57. The number of ether oxygens (including phenoxy) is 1. The third-order valence-electron chi connectivity index (χ3n) is 2.26. The van der Waals surface area contributed by atoms with Crippen molar-refractivity contribution in [2.24, 2.45) is 5.92 Å². The van der Waals surface area contributed by atoms with E-state index in [2.05, 4.69) is 0 Å². The number of aliphatic hydroxyl groups is 1. The summed E-state index contributed by atoms with van der Waals surface area (Å²) in [4.78, 5) is 11.5. The number of hydrogen-bond donors (Lipinski definition) is 1. The summed E-state index contributed by atoms with van der Waals surface area (Å²) in [7, 11) is 0. The Morgan fingerprint density at radius 3 is 2.59 bits per heavy atom. The summed E-state index contributed by atoms with van der Waals surface area (Å²) < 4.78 is 4.85. The predicted octanol–water partition coefficient (Wildman–Crippen LogP) is 2.66. The van der Waals surface area contributed by atoms with Gasteiger partial charge >= 0.3 is 5.97 Å². The third-order valence-corrected chi connectivity index (χ3v) is 2.99. The van der Waals surface area contributed by atoms with Crippen LogP contribution in [0.2, 0.25) is 0 Å². The number of nitrogens with zero attached hydrogens (tertiary/aromatic N) is 1. The maximum Gasteiger partial charge on any atom is 0.352 e. The van der Waals surface area contributed by atoms with Gasteiger partial charge in [-0.15, -0.1) is 0 Å². The Morgan fingerprint density at radius 2 is 2.18 bits per heavy atom. The summed E-state index contributed by atoms with van der Waals surface area (Å²) in [5.41, 5.74) is -0.264. The molecule has 1 unspecified atom stereocenters. The highest BCUT2D eigenvalue weighted by Gasteiger charge is 2.22. The average Bonchev–Trinajstić information content (AvgIpc) is 2.33. The Kier molecular flexibility index (Phi) is 8.34. The normalized spacial score (nSPS) is 13.5. The maximum atomic E-state index is 11.5. The highest BCUT2D eigenvalue weighted by atomic mass is 32.2. The molecule has 0 aliphatic heterocycles. The van der Waals surface area contributed by atoms with Crippen LogP contribution < -0.4 is 0 Å². The topological polar surface area (TPSA) is 70.3 Å². The van der Waals surface area contributed by atoms with Crippen LogP contribution in [0.5, 0.6) is 0 Å². The van der Waals surface area contributed by atoms with Gasteiger partial charge in [-0.25, -0.2) is 4.79 Å². The molecule has 0 amide bonds. The van der Waals surface area contributed by atoms with Crippen molar-refractivity contribution in [3.63, 3.8) is 0 Å². The minimum Gasteiger partial charge on any atom is -0.510 e. The minimum absolute atomic E-state index is 0.148. The fourth-order valence-corrected chi connectivity index (χ4v) is 2.07. The van der Waals surface area contributed by atoms with Gasteiger partial charge in [0.05, 0.1) is 6.61 Å². The van der Waals surface area contributed by atoms with E-state index in [4.69, 9.17) is 10.00 Å². The van der Waals surface area contributed by atoms with Crippen molar-refractivity contribution in [3.8, 4) is 6.07 Å². The molecule has 0 rings (SSSR count). The van der Waals surface area contributed by atoms with Crippen molar-refractivity contribution < 1.29 is 14.6 Å². The number of hydrogen-bond acceptors (Lipinski definition) is 5. The van der Waals surface area contributed by atoms with Gasteiger partial charge < -0.3 is 9.84 Å². The number of carbonyl (C=O) groups is 1. The monoisotopic (exact) mass is 257 g/mol. The van der Waals surface area contributed by atoms with Gasteiger partial charge in [-0.05, 0) is 19.1 Å². The highest BCUT2D eigenvalue weighted by Crippen LogP contribution is 2.20. The van der Waals surface area contributed by atoms with Crippen molar-refractivity contribution in [2.75, 3.05) is 18.6 Å². The van der Waals surface area contributed by atoms with Gasteiger partial charge in [0.15, 0.2) is 5.57 Å². The lowest BCUT2D eigenvalue weighted by Gasteiger charge is -2.13. The van der Waals surface area contributed by atoms with E-state index in [1.54, 1.807) is 17.8 Å². The number of nitriles is 1.